The van der Waals surface area contributed by atoms with E-state index in [1.54, 1.807) is 11.3 Å². The van der Waals surface area contributed by atoms with Crippen LogP contribution in [0.4, 0.5) is 0 Å². The van der Waals surface area contributed by atoms with E-state index >= 15 is 0 Å². The van der Waals surface area contributed by atoms with Crippen LogP contribution in [0.2, 0.25) is 0 Å². The summed E-state index contributed by atoms with van der Waals surface area (Å²) in [7, 11) is -2.80. The molecule has 6 heteroatoms. The molecular weight excluding hydrogens is 633 g/mol. The minimum atomic E-state index is -2.80. The lowest BCUT2D eigenvalue weighted by Gasteiger charge is -2.35. The molecule has 6 aromatic carbocycles. The number of hydrogen-bond acceptors (Lipinski definition) is 3. The van der Waals surface area contributed by atoms with E-state index in [-0.39, 0.29) is 0 Å². The van der Waals surface area contributed by atoms with Gasteiger partial charge < -0.3 is 4.57 Å². The molecule has 10 rings (SSSR count). The zero-order chi connectivity index (χ0) is 32.4. The van der Waals surface area contributed by atoms with Crippen molar-refractivity contribution in [2.45, 2.75) is 6.42 Å². The SMILES string of the molecule is C1=Cn2c(nc3ccc(-c4cccc([Si](c5ccccc5)(c5ccccc5)c5cccc(-c6ccc7nc8sccn8c7c6)c5)c4)cc32)C1. The molecule has 1 aliphatic rings. The molecule has 0 bridgehead atoms. The van der Waals surface area contributed by atoms with Crippen LogP contribution in [0.15, 0.2) is 163 Å². The first-order valence-corrected chi connectivity index (χ1v) is 19.5. The maximum Gasteiger partial charge on any atom is 0.194 e. The van der Waals surface area contributed by atoms with Gasteiger partial charge in [0.2, 0.25) is 0 Å². The van der Waals surface area contributed by atoms with Crippen molar-refractivity contribution in [3.63, 3.8) is 0 Å². The Bertz CT molecular complexity index is 2660. The van der Waals surface area contributed by atoms with Crippen LogP contribution in [0.1, 0.15) is 5.82 Å². The largest absolute Gasteiger partial charge is 0.303 e. The summed E-state index contributed by atoms with van der Waals surface area (Å²) < 4.78 is 4.42. The first-order chi connectivity index (χ1) is 24.3. The molecule has 0 saturated heterocycles. The average molecular weight is 663 g/mol. The van der Waals surface area contributed by atoms with Crippen LogP contribution in [-0.4, -0.2) is 27.0 Å². The fourth-order valence-electron chi connectivity index (χ4n) is 7.77. The van der Waals surface area contributed by atoms with Gasteiger partial charge in [-0.3, -0.25) is 4.40 Å². The summed E-state index contributed by atoms with van der Waals surface area (Å²) in [5, 5.41) is 7.51. The van der Waals surface area contributed by atoms with Gasteiger partial charge in [-0.2, -0.15) is 0 Å². The average Bonchev–Trinajstić information content (AvgIpc) is 3.95. The summed E-state index contributed by atoms with van der Waals surface area (Å²) in [6, 6.07) is 54.3. The second-order valence-electron chi connectivity index (χ2n) is 12.7. The van der Waals surface area contributed by atoms with Crippen LogP contribution >= 0.6 is 11.3 Å². The molecule has 0 saturated carbocycles. The van der Waals surface area contributed by atoms with Crippen LogP contribution in [0.3, 0.4) is 0 Å². The van der Waals surface area contributed by atoms with E-state index < -0.39 is 8.07 Å². The lowest BCUT2D eigenvalue weighted by Crippen LogP contribution is -2.74. The van der Waals surface area contributed by atoms with Crippen LogP contribution in [0.5, 0.6) is 0 Å². The Morgan fingerprint density at radius 2 is 1.10 bits per heavy atom. The second-order valence-corrected chi connectivity index (χ2v) is 17.4. The molecule has 0 amide bonds. The predicted molar refractivity (Wildman–Crippen MR) is 207 cm³/mol. The zero-order valence-electron chi connectivity index (χ0n) is 26.6. The molecule has 0 spiro atoms. The van der Waals surface area contributed by atoms with Gasteiger partial charge in [0.25, 0.3) is 0 Å². The van der Waals surface area contributed by atoms with Crippen molar-refractivity contribution in [1.82, 2.24) is 18.9 Å². The Balaban J connectivity index is 1.20. The Labute approximate surface area is 288 Å². The van der Waals surface area contributed by atoms with Crippen molar-refractivity contribution in [1.29, 1.82) is 0 Å². The molecule has 3 aromatic heterocycles. The Kier molecular flexibility index (Phi) is 6.41. The highest BCUT2D eigenvalue weighted by atomic mass is 32.1. The zero-order valence-corrected chi connectivity index (χ0v) is 28.4. The number of fused-ring (bicyclic) bond motifs is 6. The van der Waals surface area contributed by atoms with Gasteiger partial charge in [-0.25, -0.2) is 9.97 Å². The van der Waals surface area contributed by atoms with Crippen molar-refractivity contribution in [3.05, 3.63) is 169 Å². The normalized spacial score (nSPS) is 12.7. The second kappa shape index (κ2) is 11.1. The third kappa shape index (κ3) is 4.42. The first-order valence-electron chi connectivity index (χ1n) is 16.6. The molecule has 0 N–H and O–H groups in total. The van der Waals surface area contributed by atoms with Crippen molar-refractivity contribution >= 4 is 73.4 Å². The number of aromatic nitrogens is 4. The molecule has 232 valence electrons. The summed E-state index contributed by atoms with van der Waals surface area (Å²) in [5.74, 6) is 1.10. The third-order valence-corrected chi connectivity index (χ3v) is 15.5. The van der Waals surface area contributed by atoms with Crippen LogP contribution < -0.4 is 20.7 Å². The van der Waals surface area contributed by atoms with Crippen LogP contribution in [0, 0.1) is 0 Å². The topological polar surface area (TPSA) is 35.1 Å². The molecular formula is C43H30N4SSi. The molecule has 0 fully saturated rings. The highest BCUT2D eigenvalue weighted by Crippen LogP contribution is 2.29. The van der Waals surface area contributed by atoms with Crippen molar-refractivity contribution < 1.29 is 0 Å². The van der Waals surface area contributed by atoms with Gasteiger partial charge in [0.1, 0.15) is 5.82 Å². The Morgan fingerprint density at radius 1 is 0.531 bits per heavy atom. The number of benzene rings is 6. The highest BCUT2D eigenvalue weighted by molar-refractivity contribution is 7.20. The molecule has 0 aliphatic carbocycles. The summed E-state index contributed by atoms with van der Waals surface area (Å²) in [6.07, 6.45) is 7.32. The molecule has 49 heavy (non-hydrogen) atoms. The van der Waals surface area contributed by atoms with Gasteiger partial charge in [0.05, 0.1) is 22.1 Å². The van der Waals surface area contributed by atoms with Gasteiger partial charge in [0.15, 0.2) is 13.0 Å². The maximum atomic E-state index is 4.87. The molecule has 4 heterocycles. The molecule has 0 atom stereocenters. The highest BCUT2D eigenvalue weighted by Gasteiger charge is 2.41. The van der Waals surface area contributed by atoms with E-state index in [9.17, 15) is 0 Å². The molecule has 1 aliphatic heterocycles. The number of imidazole rings is 2. The van der Waals surface area contributed by atoms with Crippen LogP contribution in [0.25, 0.3) is 55.5 Å². The molecule has 0 radical (unpaired) electrons. The third-order valence-electron chi connectivity index (χ3n) is 10.0. The summed E-state index contributed by atoms with van der Waals surface area (Å²) >= 11 is 1.67. The van der Waals surface area contributed by atoms with Crippen molar-refractivity contribution in [2.75, 3.05) is 0 Å². The predicted octanol–water partition coefficient (Wildman–Crippen LogP) is 7.64. The van der Waals surface area contributed by atoms with E-state index in [1.165, 1.54) is 43.0 Å². The van der Waals surface area contributed by atoms with E-state index in [0.29, 0.717) is 0 Å². The monoisotopic (exact) mass is 662 g/mol. The number of thiazole rings is 1. The van der Waals surface area contributed by atoms with Crippen molar-refractivity contribution in [2.24, 2.45) is 0 Å². The number of rotatable bonds is 6. The van der Waals surface area contributed by atoms with Gasteiger partial charge in [-0.15, -0.1) is 11.3 Å². The lowest BCUT2D eigenvalue weighted by molar-refractivity contribution is 1.04. The standard InChI is InChI=1S/C43H30N4SSi/c1-3-12-34(13-4-1)49(35-14-5-2-6-15-35,36-16-7-10-30(26-36)32-19-21-38-40(28-32)46-23-9-18-42(46)44-38)37-17-8-11-31(27-37)33-20-22-39-41(29-33)47-24-25-48-43(47)45-39/h1-17,19-29H,18H2. The minimum absolute atomic E-state index is 0.884. The fourth-order valence-corrected chi connectivity index (χ4v) is 13.3. The molecule has 4 nitrogen and oxygen atoms in total. The molecule has 9 aromatic rings. The molecule has 0 unspecified atom stereocenters. The first kappa shape index (κ1) is 28.2. The van der Waals surface area contributed by atoms with Crippen LogP contribution in [-0.2, 0) is 6.42 Å². The van der Waals surface area contributed by atoms with E-state index in [4.69, 9.17) is 9.97 Å². The van der Waals surface area contributed by atoms with Gasteiger partial charge in [-0.1, -0.05) is 127 Å². The lowest BCUT2D eigenvalue weighted by atomic mass is 10.1. The quantitative estimate of drug-likeness (QED) is 0.136. The van der Waals surface area contributed by atoms with E-state index in [0.717, 1.165) is 39.3 Å². The van der Waals surface area contributed by atoms with Gasteiger partial charge >= 0.3 is 0 Å². The Hall–Kier alpha value is -5.82. The minimum Gasteiger partial charge on any atom is -0.303 e. The smallest absolute Gasteiger partial charge is 0.194 e. The number of hydrogen-bond donors (Lipinski definition) is 0. The van der Waals surface area contributed by atoms with E-state index in [1.807, 2.05) is 0 Å². The van der Waals surface area contributed by atoms with Gasteiger partial charge in [-0.05, 0) is 67.3 Å². The van der Waals surface area contributed by atoms with E-state index in [2.05, 4.69) is 178 Å². The fraction of sp³-hybridized carbons (Fsp3) is 0.0233. The maximum absolute atomic E-state index is 4.87. The summed E-state index contributed by atoms with van der Waals surface area (Å²) in [4.78, 5) is 10.7. The number of allylic oxidation sites excluding steroid dienone is 1. The van der Waals surface area contributed by atoms with Gasteiger partial charge in [0, 0.05) is 24.2 Å². The number of nitrogens with zero attached hydrogens (tertiary/aromatic N) is 4. The Morgan fingerprint density at radius 3 is 1.76 bits per heavy atom. The summed E-state index contributed by atoms with van der Waals surface area (Å²) in [6.45, 7) is 0. The summed E-state index contributed by atoms with van der Waals surface area (Å²) in [5.41, 5.74) is 9.17. The van der Waals surface area contributed by atoms with Crippen molar-refractivity contribution in [3.8, 4) is 22.3 Å².